The molecule has 2 rings (SSSR count). The molecule has 2 aromatic carbocycles. The Morgan fingerprint density at radius 1 is 1.08 bits per heavy atom. The van der Waals surface area contributed by atoms with Crippen molar-refractivity contribution in [1.82, 2.24) is 10.6 Å². The minimum absolute atomic E-state index is 0.0824. The van der Waals surface area contributed by atoms with Crippen molar-refractivity contribution in [3.63, 3.8) is 0 Å². The number of hydrogen-bond acceptors (Lipinski definition) is 7. The molecule has 0 spiro atoms. The molecular formula is C27H40N8O3. The monoisotopic (exact) mass is 524 g/mol. The molecular weight excluding hydrogens is 484 g/mol. The Bertz CT molecular complexity index is 1080. The highest BCUT2D eigenvalue weighted by Crippen LogP contribution is 2.17. The molecule has 11 nitrogen and oxygen atoms in total. The summed E-state index contributed by atoms with van der Waals surface area (Å²) in [5, 5.41) is 13.1. The van der Waals surface area contributed by atoms with E-state index in [1.807, 2.05) is 57.3 Å². The summed E-state index contributed by atoms with van der Waals surface area (Å²) in [7, 11) is 2.00. The third kappa shape index (κ3) is 10.5. The first-order chi connectivity index (χ1) is 18.1. The van der Waals surface area contributed by atoms with Gasteiger partial charge in [-0.25, -0.2) is 0 Å². The van der Waals surface area contributed by atoms with E-state index in [0.29, 0.717) is 18.7 Å². The summed E-state index contributed by atoms with van der Waals surface area (Å²) in [5.74, 6) is 0.0268. The fourth-order valence-electron chi connectivity index (χ4n) is 3.41. The van der Waals surface area contributed by atoms with Gasteiger partial charge >= 0.3 is 0 Å². The van der Waals surface area contributed by atoms with Gasteiger partial charge in [-0.3, -0.25) is 9.59 Å². The number of hydrogen-bond donors (Lipinski definition) is 5. The number of rotatable bonds is 15. The molecule has 0 saturated heterocycles. The maximum Gasteiger partial charge on any atom is 0.227 e. The Kier molecular flexibility index (Phi) is 12.0. The first-order valence-electron chi connectivity index (χ1n) is 12.5. The number of amidine groups is 1. The summed E-state index contributed by atoms with van der Waals surface area (Å²) in [6.45, 7) is 5.83. The zero-order valence-corrected chi connectivity index (χ0v) is 22.4. The van der Waals surface area contributed by atoms with Crippen molar-refractivity contribution in [3.8, 4) is 0 Å². The molecule has 0 aliphatic heterocycles. The van der Waals surface area contributed by atoms with Crippen molar-refractivity contribution in [2.24, 2.45) is 27.1 Å². The standard InChI is InChI=1S/C27H40N8O3/c1-27(2,26(37)31-14-4-15-35(3)23-11-9-22(29)10-12-23)18-38-16-13-24(36)32-17-20-5-7-21(8-6-20)25(30)34-33-19-28/h5-12,19H,4,13-18,29H2,1-3H3,(H2,28,33)(H2,30,34)(H,31,37)(H,32,36). The number of benzene rings is 2. The van der Waals surface area contributed by atoms with Crippen LogP contribution in [0.2, 0.25) is 0 Å². The largest absolute Gasteiger partial charge is 0.399 e. The first-order valence-corrected chi connectivity index (χ1v) is 12.5. The van der Waals surface area contributed by atoms with Gasteiger partial charge in [0.1, 0.15) is 6.34 Å². The van der Waals surface area contributed by atoms with Crippen molar-refractivity contribution in [3.05, 3.63) is 59.7 Å². The van der Waals surface area contributed by atoms with Gasteiger partial charge in [0.05, 0.1) is 18.6 Å². The van der Waals surface area contributed by atoms with Crippen LogP contribution >= 0.6 is 0 Å². The van der Waals surface area contributed by atoms with E-state index in [1.165, 1.54) is 0 Å². The van der Waals surface area contributed by atoms with E-state index in [4.69, 9.17) is 21.9 Å². The molecule has 0 aliphatic rings. The van der Waals surface area contributed by atoms with Gasteiger partial charge in [-0.15, -0.1) is 10.2 Å². The number of ether oxygens (including phenoxy) is 1. The lowest BCUT2D eigenvalue weighted by molar-refractivity contribution is -0.132. The summed E-state index contributed by atoms with van der Waals surface area (Å²) < 4.78 is 5.64. The minimum atomic E-state index is -0.707. The Morgan fingerprint density at radius 3 is 2.42 bits per heavy atom. The summed E-state index contributed by atoms with van der Waals surface area (Å²) in [6, 6.07) is 15.0. The molecule has 2 amide bonds. The second kappa shape index (κ2) is 15.2. The van der Waals surface area contributed by atoms with Crippen molar-refractivity contribution < 1.29 is 14.3 Å². The van der Waals surface area contributed by atoms with E-state index in [2.05, 4.69) is 25.7 Å². The van der Waals surface area contributed by atoms with Crippen molar-refractivity contribution in [2.75, 3.05) is 44.0 Å². The number of nitrogens with zero attached hydrogens (tertiary/aromatic N) is 3. The lowest BCUT2D eigenvalue weighted by Gasteiger charge is -2.24. The number of nitrogens with two attached hydrogens (primary N) is 3. The molecule has 2 aromatic rings. The number of carbonyl (C=O) groups is 2. The van der Waals surface area contributed by atoms with E-state index in [1.54, 1.807) is 12.1 Å². The zero-order valence-electron chi connectivity index (χ0n) is 22.4. The van der Waals surface area contributed by atoms with Gasteiger partial charge in [0.15, 0.2) is 5.84 Å². The molecule has 0 aromatic heterocycles. The minimum Gasteiger partial charge on any atom is -0.399 e. The Hall–Kier alpha value is -4.12. The van der Waals surface area contributed by atoms with Gasteiger partial charge in [0.2, 0.25) is 11.8 Å². The highest BCUT2D eigenvalue weighted by Gasteiger charge is 2.27. The molecule has 0 atom stereocenters. The van der Waals surface area contributed by atoms with Crippen LogP contribution in [0, 0.1) is 5.41 Å². The van der Waals surface area contributed by atoms with Gasteiger partial charge in [-0.05, 0) is 50.1 Å². The molecule has 11 heteroatoms. The lowest BCUT2D eigenvalue weighted by Crippen LogP contribution is -2.41. The van der Waals surface area contributed by atoms with Crippen LogP contribution in [0.3, 0.4) is 0 Å². The molecule has 0 aliphatic carbocycles. The van der Waals surface area contributed by atoms with Gasteiger partial charge in [0, 0.05) is 50.0 Å². The van der Waals surface area contributed by atoms with Crippen LogP contribution in [0.25, 0.3) is 0 Å². The molecule has 0 radical (unpaired) electrons. The summed E-state index contributed by atoms with van der Waals surface area (Å²) in [6.07, 6.45) is 2.06. The van der Waals surface area contributed by atoms with E-state index < -0.39 is 5.41 Å². The normalized spacial score (nSPS) is 11.9. The van der Waals surface area contributed by atoms with Crippen molar-refractivity contribution >= 4 is 35.4 Å². The van der Waals surface area contributed by atoms with Crippen LogP contribution in [0.5, 0.6) is 0 Å². The van der Waals surface area contributed by atoms with Crippen LogP contribution in [0.15, 0.2) is 58.7 Å². The number of anilines is 2. The predicted molar refractivity (Wildman–Crippen MR) is 153 cm³/mol. The van der Waals surface area contributed by atoms with Crippen LogP contribution in [-0.4, -0.2) is 57.3 Å². The molecule has 0 bridgehead atoms. The summed E-state index contributed by atoms with van der Waals surface area (Å²) >= 11 is 0. The average Bonchev–Trinajstić information content (AvgIpc) is 2.91. The van der Waals surface area contributed by atoms with Gasteiger partial charge < -0.3 is 37.5 Å². The second-order valence-corrected chi connectivity index (χ2v) is 9.53. The number of nitrogens with one attached hydrogen (secondary N) is 2. The number of nitrogen functional groups attached to an aromatic ring is 1. The van der Waals surface area contributed by atoms with Crippen LogP contribution in [0.4, 0.5) is 11.4 Å². The van der Waals surface area contributed by atoms with Crippen LogP contribution < -0.4 is 32.7 Å². The van der Waals surface area contributed by atoms with Gasteiger partial charge in [0.25, 0.3) is 0 Å². The molecule has 8 N–H and O–H groups in total. The Morgan fingerprint density at radius 2 is 1.76 bits per heavy atom. The fourth-order valence-corrected chi connectivity index (χ4v) is 3.41. The average molecular weight is 525 g/mol. The second-order valence-electron chi connectivity index (χ2n) is 9.53. The lowest BCUT2D eigenvalue weighted by atomic mass is 9.93. The molecule has 0 unspecified atom stereocenters. The number of carbonyl (C=O) groups excluding carboxylic acids is 2. The van der Waals surface area contributed by atoms with E-state index in [-0.39, 0.29) is 37.3 Å². The highest BCUT2D eigenvalue weighted by atomic mass is 16.5. The Balaban J connectivity index is 1.61. The fraction of sp³-hybridized carbons (Fsp3) is 0.407. The van der Waals surface area contributed by atoms with Gasteiger partial charge in [-0.2, -0.15) is 0 Å². The smallest absolute Gasteiger partial charge is 0.227 e. The predicted octanol–water partition coefficient (Wildman–Crippen LogP) is 1.57. The summed E-state index contributed by atoms with van der Waals surface area (Å²) in [4.78, 5) is 26.9. The van der Waals surface area contributed by atoms with Crippen LogP contribution in [-0.2, 0) is 20.9 Å². The van der Waals surface area contributed by atoms with Gasteiger partial charge in [-0.1, -0.05) is 24.3 Å². The summed E-state index contributed by atoms with van der Waals surface area (Å²) in [5.41, 5.74) is 19.4. The third-order valence-electron chi connectivity index (χ3n) is 5.81. The third-order valence-corrected chi connectivity index (χ3v) is 5.81. The topological polar surface area (TPSA) is 173 Å². The molecule has 206 valence electrons. The van der Waals surface area contributed by atoms with E-state index in [0.717, 1.165) is 36.2 Å². The van der Waals surface area contributed by atoms with E-state index >= 15 is 0 Å². The molecule has 38 heavy (non-hydrogen) atoms. The highest BCUT2D eigenvalue weighted by molar-refractivity contribution is 5.97. The SMILES string of the molecule is CN(CCCNC(=O)C(C)(C)COCCC(=O)NCc1ccc(/C(N)=N/N=C\N)cc1)c1ccc(N)cc1. The maximum absolute atomic E-state index is 12.6. The zero-order chi connectivity index (χ0) is 28.0. The molecule has 0 saturated carbocycles. The first kappa shape index (κ1) is 30.1. The maximum atomic E-state index is 12.6. The van der Waals surface area contributed by atoms with Crippen LogP contribution in [0.1, 0.15) is 37.8 Å². The van der Waals surface area contributed by atoms with Crippen molar-refractivity contribution in [2.45, 2.75) is 33.2 Å². The molecule has 0 heterocycles. The Labute approximate surface area is 224 Å². The van der Waals surface area contributed by atoms with E-state index in [9.17, 15) is 9.59 Å². The van der Waals surface area contributed by atoms with Crippen molar-refractivity contribution in [1.29, 1.82) is 0 Å². The quantitative estimate of drug-likeness (QED) is 0.0773. The number of amides is 2. The molecule has 0 fully saturated rings.